The minimum atomic E-state index is -1.27. The number of carbonyl (C=O) groups is 2. The molecule has 1 aliphatic heterocycles. The van der Waals surface area contributed by atoms with Crippen LogP contribution in [0.25, 0.3) is 0 Å². The Bertz CT molecular complexity index is 760. The van der Waals surface area contributed by atoms with Crippen molar-refractivity contribution in [3.05, 3.63) is 46.0 Å². The molecule has 2 aromatic rings. The Hall–Kier alpha value is -2.35. The fourth-order valence-corrected chi connectivity index (χ4v) is 3.25. The van der Waals surface area contributed by atoms with Crippen LogP contribution in [-0.4, -0.2) is 21.4 Å². The van der Waals surface area contributed by atoms with Crippen LogP contribution in [0, 0.1) is 11.6 Å². The van der Waals surface area contributed by atoms with Crippen molar-refractivity contribution in [1.29, 1.82) is 0 Å². The molecule has 0 radical (unpaired) electrons. The predicted octanol–water partition coefficient (Wildman–Crippen LogP) is 2.59. The summed E-state index contributed by atoms with van der Waals surface area (Å²) in [6.45, 7) is 0. The van der Waals surface area contributed by atoms with Gasteiger partial charge in [-0.25, -0.2) is 13.6 Å². The van der Waals surface area contributed by atoms with E-state index in [1.165, 1.54) is 6.07 Å². The second-order valence-corrected chi connectivity index (χ2v) is 5.35. The number of carboxylic acid groups (broad SMARTS) is 1. The molecule has 0 saturated heterocycles. The molecule has 1 aromatic heterocycles. The van der Waals surface area contributed by atoms with Gasteiger partial charge in [-0.2, -0.15) is 4.37 Å². The molecule has 0 saturated carbocycles. The van der Waals surface area contributed by atoms with Crippen molar-refractivity contribution in [2.45, 2.75) is 12.3 Å². The second-order valence-electron chi connectivity index (χ2n) is 4.55. The maximum Gasteiger partial charge on any atom is 0.357 e. The van der Waals surface area contributed by atoms with Gasteiger partial charge in [0.05, 0.1) is 10.6 Å². The van der Waals surface area contributed by atoms with E-state index in [9.17, 15) is 18.4 Å². The molecule has 21 heavy (non-hydrogen) atoms. The fourth-order valence-electron chi connectivity index (χ4n) is 2.31. The molecule has 1 aromatic carbocycles. The number of benzene rings is 1. The number of rotatable bonds is 2. The number of fused-ring (bicyclic) bond motifs is 1. The molecular formula is C13H8F2N2O3S. The summed E-state index contributed by atoms with van der Waals surface area (Å²) in [6.07, 6.45) is -0.0448. The maximum absolute atomic E-state index is 13.9. The molecule has 0 fully saturated rings. The van der Waals surface area contributed by atoms with Crippen LogP contribution in [0.2, 0.25) is 0 Å². The lowest BCUT2D eigenvalue weighted by atomic mass is 9.90. The van der Waals surface area contributed by atoms with Crippen molar-refractivity contribution in [3.63, 3.8) is 0 Å². The van der Waals surface area contributed by atoms with Crippen molar-refractivity contribution in [3.8, 4) is 0 Å². The van der Waals surface area contributed by atoms with Gasteiger partial charge >= 0.3 is 5.97 Å². The third kappa shape index (κ3) is 2.27. The number of carboxylic acids is 1. The van der Waals surface area contributed by atoms with Gasteiger partial charge in [-0.3, -0.25) is 4.79 Å². The zero-order valence-electron chi connectivity index (χ0n) is 10.4. The van der Waals surface area contributed by atoms with Crippen molar-refractivity contribution in [1.82, 2.24) is 4.37 Å². The van der Waals surface area contributed by atoms with Crippen LogP contribution in [0.4, 0.5) is 14.5 Å². The summed E-state index contributed by atoms with van der Waals surface area (Å²) in [6, 6.07) is 3.10. The smallest absolute Gasteiger partial charge is 0.357 e. The first-order valence-electron chi connectivity index (χ1n) is 5.95. The minimum absolute atomic E-state index is 0.0448. The van der Waals surface area contributed by atoms with Crippen LogP contribution in [0.5, 0.6) is 0 Å². The molecule has 1 aliphatic rings. The van der Waals surface area contributed by atoms with Crippen LogP contribution in [0.1, 0.15) is 33.3 Å². The number of amides is 1. The van der Waals surface area contributed by atoms with Crippen LogP contribution < -0.4 is 5.32 Å². The van der Waals surface area contributed by atoms with Crippen LogP contribution in [0.3, 0.4) is 0 Å². The van der Waals surface area contributed by atoms with Gasteiger partial charge < -0.3 is 10.4 Å². The highest BCUT2D eigenvalue weighted by Crippen LogP contribution is 2.42. The number of aromatic nitrogens is 1. The van der Waals surface area contributed by atoms with E-state index in [1.54, 1.807) is 0 Å². The molecule has 3 rings (SSSR count). The first-order valence-corrected chi connectivity index (χ1v) is 6.72. The molecule has 1 atom stereocenters. The third-order valence-corrected chi connectivity index (χ3v) is 4.19. The zero-order valence-corrected chi connectivity index (χ0v) is 11.2. The van der Waals surface area contributed by atoms with E-state index in [2.05, 4.69) is 9.69 Å². The Labute approximate surface area is 121 Å². The molecule has 2 N–H and O–H groups in total. The summed E-state index contributed by atoms with van der Waals surface area (Å²) in [5.41, 5.74) is -0.0267. The van der Waals surface area contributed by atoms with Crippen molar-refractivity contribution < 1.29 is 23.5 Å². The Morgan fingerprint density at radius 2 is 2.19 bits per heavy atom. The van der Waals surface area contributed by atoms with Crippen molar-refractivity contribution in [2.75, 3.05) is 5.32 Å². The summed E-state index contributed by atoms with van der Waals surface area (Å²) in [5, 5.41) is 11.5. The normalized spacial score (nSPS) is 17.2. The van der Waals surface area contributed by atoms with Gasteiger partial charge in [-0.05, 0) is 23.2 Å². The van der Waals surface area contributed by atoms with E-state index in [-0.39, 0.29) is 23.4 Å². The molecule has 0 spiro atoms. The Kier molecular flexibility index (Phi) is 3.17. The SMILES string of the molecule is O=C1C[C@@H](c2ccc(F)cc2F)c2snc(C(=O)O)c2N1. The quantitative estimate of drug-likeness (QED) is 0.893. The Balaban J connectivity index is 2.13. The fraction of sp³-hybridized carbons (Fsp3) is 0.154. The summed E-state index contributed by atoms with van der Waals surface area (Å²) in [4.78, 5) is 23.3. The summed E-state index contributed by atoms with van der Waals surface area (Å²) in [7, 11) is 0. The van der Waals surface area contributed by atoms with E-state index >= 15 is 0 Å². The molecule has 108 valence electrons. The summed E-state index contributed by atoms with van der Waals surface area (Å²) >= 11 is 0.892. The van der Waals surface area contributed by atoms with Gasteiger partial charge in [-0.15, -0.1) is 0 Å². The third-order valence-electron chi connectivity index (χ3n) is 3.23. The lowest BCUT2D eigenvalue weighted by Crippen LogP contribution is -2.24. The van der Waals surface area contributed by atoms with Crippen molar-refractivity contribution >= 4 is 29.1 Å². The number of hydrogen-bond donors (Lipinski definition) is 2. The lowest BCUT2D eigenvalue weighted by molar-refractivity contribution is -0.116. The number of halogens is 2. The highest BCUT2D eigenvalue weighted by atomic mass is 32.1. The van der Waals surface area contributed by atoms with E-state index in [0.29, 0.717) is 4.88 Å². The molecule has 1 amide bonds. The van der Waals surface area contributed by atoms with Crippen molar-refractivity contribution in [2.24, 2.45) is 0 Å². The number of hydrogen-bond acceptors (Lipinski definition) is 4. The standard InChI is InChI=1S/C13H8F2N2O3S/c14-5-1-2-6(8(15)3-5)7-4-9(18)16-10-11(13(19)20)17-21-12(7)10/h1-3,7H,4H2,(H,16,18)(H,19,20)/t7-/m0/s1. The number of carbonyl (C=O) groups excluding carboxylic acids is 1. The Morgan fingerprint density at radius 1 is 1.43 bits per heavy atom. The van der Waals surface area contributed by atoms with Gasteiger partial charge in [0.1, 0.15) is 11.6 Å². The van der Waals surface area contributed by atoms with Gasteiger partial charge in [0.15, 0.2) is 5.69 Å². The summed E-state index contributed by atoms with van der Waals surface area (Å²) < 4.78 is 30.7. The van der Waals surface area contributed by atoms with Gasteiger partial charge in [0.2, 0.25) is 5.91 Å². The predicted molar refractivity (Wildman–Crippen MR) is 70.5 cm³/mol. The number of anilines is 1. The number of aromatic carboxylic acids is 1. The molecule has 8 heteroatoms. The van der Waals surface area contributed by atoms with E-state index < -0.39 is 29.4 Å². The highest BCUT2D eigenvalue weighted by molar-refractivity contribution is 7.06. The zero-order chi connectivity index (χ0) is 15.1. The van der Waals surface area contributed by atoms with Crippen LogP contribution in [0.15, 0.2) is 18.2 Å². The molecule has 0 aliphatic carbocycles. The first-order chi connectivity index (χ1) is 9.97. The number of nitrogens with one attached hydrogen (secondary N) is 1. The molecule has 5 nitrogen and oxygen atoms in total. The average Bonchev–Trinajstić information content (AvgIpc) is 2.81. The average molecular weight is 310 g/mol. The first kappa shape index (κ1) is 13.6. The molecule has 2 heterocycles. The van der Waals surface area contributed by atoms with E-state index in [0.717, 1.165) is 23.7 Å². The maximum atomic E-state index is 13.9. The van der Waals surface area contributed by atoms with Crippen LogP contribution in [-0.2, 0) is 4.79 Å². The second kappa shape index (κ2) is 4.88. The molecule has 0 unspecified atom stereocenters. The van der Waals surface area contributed by atoms with E-state index in [1.807, 2.05) is 0 Å². The lowest BCUT2D eigenvalue weighted by Gasteiger charge is -2.22. The van der Waals surface area contributed by atoms with Crippen LogP contribution >= 0.6 is 11.5 Å². The largest absolute Gasteiger partial charge is 0.476 e. The van der Waals surface area contributed by atoms with Gasteiger partial charge in [0, 0.05) is 18.4 Å². The highest BCUT2D eigenvalue weighted by Gasteiger charge is 2.34. The summed E-state index contributed by atoms with van der Waals surface area (Å²) in [5.74, 6) is -3.86. The van der Waals surface area contributed by atoms with Gasteiger partial charge in [0.25, 0.3) is 0 Å². The molecule has 0 bridgehead atoms. The molecular weight excluding hydrogens is 302 g/mol. The topological polar surface area (TPSA) is 79.3 Å². The Morgan fingerprint density at radius 3 is 2.86 bits per heavy atom. The monoisotopic (exact) mass is 310 g/mol. The minimum Gasteiger partial charge on any atom is -0.476 e. The van der Waals surface area contributed by atoms with Gasteiger partial charge in [-0.1, -0.05) is 6.07 Å². The number of nitrogens with zero attached hydrogens (tertiary/aromatic N) is 1. The van der Waals surface area contributed by atoms with E-state index in [4.69, 9.17) is 5.11 Å².